The molecule has 2 aliphatic heterocycles. The van der Waals surface area contributed by atoms with Crippen molar-refractivity contribution in [2.24, 2.45) is 28.6 Å². The third kappa shape index (κ3) is 1.67. The highest BCUT2D eigenvalue weighted by molar-refractivity contribution is 6.08. The normalized spacial score (nSPS) is 48.8. The van der Waals surface area contributed by atoms with Crippen LogP contribution >= 0.6 is 0 Å². The minimum absolute atomic E-state index is 0.0753. The molecular formula is C21H29NO3. The Balaban J connectivity index is 1.78. The number of rotatable bonds is 2. The van der Waals surface area contributed by atoms with E-state index in [0.717, 1.165) is 49.9 Å². The van der Waals surface area contributed by atoms with Crippen molar-refractivity contribution < 1.29 is 14.7 Å². The van der Waals surface area contributed by atoms with Crippen molar-refractivity contribution in [2.75, 3.05) is 19.7 Å². The van der Waals surface area contributed by atoms with Crippen LogP contribution < -0.4 is 0 Å². The standard InChI is InChI=1S/C21H29NO3/c1-12-10-22-11-14-3-4-16(24)18-13(6-8-23)5-7-21(18)19(25)15(12)9-17(22)20(14,21)2/h12,14-15,17,23H,3-11H2,1-2H3. The number of aliphatic hydroxyl groups excluding tert-OH is 1. The summed E-state index contributed by atoms with van der Waals surface area (Å²) >= 11 is 0. The quantitative estimate of drug-likeness (QED) is 0.836. The molecule has 136 valence electrons. The second-order valence-corrected chi connectivity index (χ2v) is 9.45. The average Bonchev–Trinajstić information content (AvgIpc) is 3.06. The molecule has 0 aromatic heterocycles. The van der Waals surface area contributed by atoms with Gasteiger partial charge >= 0.3 is 0 Å². The van der Waals surface area contributed by atoms with Gasteiger partial charge in [0.1, 0.15) is 5.78 Å². The molecule has 2 saturated carbocycles. The lowest BCUT2D eigenvalue weighted by Gasteiger charge is -2.59. The summed E-state index contributed by atoms with van der Waals surface area (Å²) in [6, 6.07) is 0.450. The van der Waals surface area contributed by atoms with Gasteiger partial charge in [0, 0.05) is 49.1 Å². The number of piperidine rings is 1. The molecule has 0 aromatic rings. The van der Waals surface area contributed by atoms with Crippen LogP contribution in [-0.2, 0) is 9.59 Å². The Hall–Kier alpha value is -1.00. The van der Waals surface area contributed by atoms with E-state index >= 15 is 0 Å². The highest BCUT2D eigenvalue weighted by Crippen LogP contribution is 2.70. The largest absolute Gasteiger partial charge is 0.396 e. The molecule has 4 heteroatoms. The number of carbonyl (C=O) groups is 2. The molecule has 6 unspecified atom stereocenters. The molecule has 5 aliphatic rings. The van der Waals surface area contributed by atoms with E-state index in [1.165, 1.54) is 0 Å². The van der Waals surface area contributed by atoms with E-state index in [9.17, 15) is 14.7 Å². The maximum absolute atomic E-state index is 13.9. The maximum Gasteiger partial charge on any atom is 0.159 e. The monoisotopic (exact) mass is 343 g/mol. The first-order chi connectivity index (χ1) is 11.9. The Morgan fingerprint density at radius 3 is 2.80 bits per heavy atom. The van der Waals surface area contributed by atoms with E-state index in [-0.39, 0.29) is 23.7 Å². The first-order valence-corrected chi connectivity index (χ1v) is 10.1. The molecule has 3 aliphatic carbocycles. The Labute approximate surface area is 149 Å². The Kier molecular flexibility index (Phi) is 3.26. The molecular weight excluding hydrogens is 314 g/mol. The topological polar surface area (TPSA) is 57.6 Å². The molecule has 0 radical (unpaired) electrons. The van der Waals surface area contributed by atoms with Gasteiger partial charge in [-0.05, 0) is 43.9 Å². The smallest absolute Gasteiger partial charge is 0.159 e. The summed E-state index contributed by atoms with van der Waals surface area (Å²) in [5, 5.41) is 9.52. The number of hydrogen-bond acceptors (Lipinski definition) is 4. The van der Waals surface area contributed by atoms with Gasteiger partial charge < -0.3 is 5.11 Å². The van der Waals surface area contributed by atoms with Crippen LogP contribution in [0.1, 0.15) is 52.4 Å². The predicted octanol–water partition coefficient (Wildman–Crippen LogP) is 2.35. The SMILES string of the molecule is CC1CN2CC3CCC(=O)C4=C(CCO)CCC45C(=O)C1CC2C35C. The summed E-state index contributed by atoms with van der Waals surface area (Å²) < 4.78 is 0. The lowest BCUT2D eigenvalue weighted by atomic mass is 9.45. The zero-order valence-corrected chi connectivity index (χ0v) is 15.4. The van der Waals surface area contributed by atoms with Crippen molar-refractivity contribution in [1.82, 2.24) is 4.90 Å². The molecule has 4 nitrogen and oxygen atoms in total. The summed E-state index contributed by atoms with van der Waals surface area (Å²) in [4.78, 5) is 29.8. The van der Waals surface area contributed by atoms with E-state index < -0.39 is 5.41 Å². The molecule has 5 rings (SSSR count). The highest BCUT2D eigenvalue weighted by Gasteiger charge is 2.73. The van der Waals surface area contributed by atoms with Crippen molar-refractivity contribution in [3.8, 4) is 0 Å². The van der Waals surface area contributed by atoms with Crippen LogP contribution in [0.3, 0.4) is 0 Å². The Morgan fingerprint density at radius 2 is 2.04 bits per heavy atom. The second-order valence-electron chi connectivity index (χ2n) is 9.45. The highest BCUT2D eigenvalue weighted by atomic mass is 16.3. The van der Waals surface area contributed by atoms with Gasteiger partial charge in [0.05, 0.1) is 5.41 Å². The van der Waals surface area contributed by atoms with Gasteiger partial charge in [-0.25, -0.2) is 0 Å². The number of aliphatic hydroxyl groups is 1. The van der Waals surface area contributed by atoms with Gasteiger partial charge in [0.25, 0.3) is 0 Å². The summed E-state index contributed by atoms with van der Waals surface area (Å²) in [6.07, 6.45) is 4.69. The van der Waals surface area contributed by atoms with Gasteiger partial charge in [0.15, 0.2) is 5.78 Å². The van der Waals surface area contributed by atoms with E-state index in [2.05, 4.69) is 18.7 Å². The summed E-state index contributed by atoms with van der Waals surface area (Å²) in [7, 11) is 0. The van der Waals surface area contributed by atoms with Crippen molar-refractivity contribution in [1.29, 1.82) is 0 Å². The molecule has 6 atom stereocenters. The van der Waals surface area contributed by atoms with E-state index in [0.29, 0.717) is 36.5 Å². The van der Waals surface area contributed by atoms with Crippen molar-refractivity contribution in [2.45, 2.75) is 58.4 Å². The molecule has 2 saturated heterocycles. The summed E-state index contributed by atoms with van der Waals surface area (Å²) in [6.45, 7) is 6.74. The van der Waals surface area contributed by atoms with Crippen molar-refractivity contribution in [3.05, 3.63) is 11.1 Å². The van der Waals surface area contributed by atoms with Crippen LogP contribution in [0.2, 0.25) is 0 Å². The number of Topliss-reactive ketones (excluding diaryl/α,β-unsaturated/α-hetero) is 2. The minimum Gasteiger partial charge on any atom is -0.396 e. The molecule has 1 spiro atoms. The fourth-order valence-corrected chi connectivity index (χ4v) is 7.71. The van der Waals surface area contributed by atoms with E-state index in [1.54, 1.807) is 0 Å². The third-order valence-corrected chi connectivity index (χ3v) is 8.79. The fourth-order valence-electron chi connectivity index (χ4n) is 7.71. The summed E-state index contributed by atoms with van der Waals surface area (Å²) in [5.74, 6) is 1.54. The van der Waals surface area contributed by atoms with Crippen LogP contribution in [0.25, 0.3) is 0 Å². The molecule has 2 bridgehead atoms. The number of nitrogens with zero attached hydrogens (tertiary/aromatic N) is 1. The molecule has 0 aromatic carbocycles. The maximum atomic E-state index is 13.9. The number of allylic oxidation sites excluding steroid dienone is 1. The lowest BCUT2D eigenvalue weighted by molar-refractivity contribution is -0.157. The molecule has 0 amide bonds. The molecule has 25 heavy (non-hydrogen) atoms. The lowest BCUT2D eigenvalue weighted by Crippen LogP contribution is -2.65. The van der Waals surface area contributed by atoms with Crippen LogP contribution in [0, 0.1) is 28.6 Å². The zero-order chi connectivity index (χ0) is 17.6. The zero-order valence-electron chi connectivity index (χ0n) is 15.4. The van der Waals surface area contributed by atoms with Gasteiger partial charge in [0.2, 0.25) is 0 Å². The summed E-state index contributed by atoms with van der Waals surface area (Å²) in [5.41, 5.74) is 1.29. The average molecular weight is 343 g/mol. The second kappa shape index (κ2) is 5.04. The first kappa shape index (κ1) is 16.2. The van der Waals surface area contributed by atoms with E-state index in [4.69, 9.17) is 0 Å². The van der Waals surface area contributed by atoms with Gasteiger partial charge in [-0.2, -0.15) is 0 Å². The van der Waals surface area contributed by atoms with Crippen LogP contribution in [0.5, 0.6) is 0 Å². The van der Waals surface area contributed by atoms with Gasteiger partial charge in [-0.3, -0.25) is 14.5 Å². The number of ketones is 2. The number of carbonyl (C=O) groups excluding carboxylic acids is 2. The fraction of sp³-hybridized carbons (Fsp3) is 0.810. The minimum atomic E-state index is -0.563. The Bertz CT molecular complexity index is 697. The van der Waals surface area contributed by atoms with Gasteiger partial charge in [-0.15, -0.1) is 0 Å². The number of fused-ring (bicyclic) bond motifs is 1. The van der Waals surface area contributed by atoms with Crippen LogP contribution in [0.4, 0.5) is 0 Å². The van der Waals surface area contributed by atoms with Crippen molar-refractivity contribution in [3.63, 3.8) is 0 Å². The number of hydrogen-bond donors (Lipinski definition) is 1. The Morgan fingerprint density at radius 1 is 1.24 bits per heavy atom. The molecule has 4 fully saturated rings. The molecule has 1 N–H and O–H groups in total. The van der Waals surface area contributed by atoms with Gasteiger partial charge in [-0.1, -0.05) is 19.4 Å². The van der Waals surface area contributed by atoms with Crippen molar-refractivity contribution >= 4 is 11.6 Å². The van der Waals surface area contributed by atoms with Crippen LogP contribution in [0.15, 0.2) is 11.1 Å². The third-order valence-electron chi connectivity index (χ3n) is 8.79. The van der Waals surface area contributed by atoms with Crippen LogP contribution in [-0.4, -0.2) is 47.3 Å². The first-order valence-electron chi connectivity index (χ1n) is 10.1. The molecule has 2 heterocycles. The predicted molar refractivity (Wildman–Crippen MR) is 93.9 cm³/mol. The van der Waals surface area contributed by atoms with E-state index in [1.807, 2.05) is 0 Å².